The van der Waals surface area contributed by atoms with Gasteiger partial charge in [-0.2, -0.15) is 4.31 Å². The van der Waals surface area contributed by atoms with Crippen LogP contribution in [0.3, 0.4) is 0 Å². The van der Waals surface area contributed by atoms with Gasteiger partial charge in [-0.05, 0) is 29.6 Å². The first kappa shape index (κ1) is 19.3. The maximum Gasteiger partial charge on any atom is 0.276 e. The standard InChI is InChI=1S/C18H16BrN3O4S2/c19-13-3-1-4-14(11-13)28(24,25)22-8-6-21(7-9-22)18(23)15-12-16(26-20-15)17-5-2-10-27-17/h1-5,10-12H,6-9H2. The number of piperazine rings is 1. The molecule has 0 saturated carbocycles. The van der Waals surface area contributed by atoms with Crippen LogP contribution in [0.2, 0.25) is 0 Å². The summed E-state index contributed by atoms with van der Waals surface area (Å²) in [4.78, 5) is 15.4. The Bertz CT molecular complexity index is 1090. The van der Waals surface area contributed by atoms with E-state index in [1.165, 1.54) is 15.6 Å². The molecule has 0 N–H and O–H groups in total. The first-order valence-electron chi connectivity index (χ1n) is 8.51. The fourth-order valence-corrected chi connectivity index (χ4v) is 5.67. The summed E-state index contributed by atoms with van der Waals surface area (Å²) in [5.74, 6) is 0.292. The molecule has 1 aliphatic heterocycles. The molecule has 28 heavy (non-hydrogen) atoms. The molecule has 1 saturated heterocycles. The fourth-order valence-electron chi connectivity index (χ4n) is 2.98. The van der Waals surface area contributed by atoms with Gasteiger partial charge in [0.2, 0.25) is 10.0 Å². The van der Waals surface area contributed by atoms with Crippen LogP contribution in [0.5, 0.6) is 0 Å². The van der Waals surface area contributed by atoms with Crippen molar-refractivity contribution in [3.05, 3.63) is 58.0 Å². The van der Waals surface area contributed by atoms with Crippen molar-refractivity contribution < 1.29 is 17.7 Å². The molecule has 1 fully saturated rings. The number of sulfonamides is 1. The predicted molar refractivity (Wildman–Crippen MR) is 109 cm³/mol. The second-order valence-electron chi connectivity index (χ2n) is 6.21. The number of rotatable bonds is 4. The first-order chi connectivity index (χ1) is 13.4. The van der Waals surface area contributed by atoms with Crippen LogP contribution in [0.4, 0.5) is 0 Å². The van der Waals surface area contributed by atoms with Crippen molar-refractivity contribution >= 4 is 43.2 Å². The van der Waals surface area contributed by atoms with E-state index in [2.05, 4.69) is 21.1 Å². The van der Waals surface area contributed by atoms with E-state index in [0.29, 0.717) is 23.3 Å². The van der Waals surface area contributed by atoms with Crippen LogP contribution < -0.4 is 0 Å². The largest absolute Gasteiger partial charge is 0.355 e. The van der Waals surface area contributed by atoms with Gasteiger partial charge in [0.1, 0.15) is 0 Å². The molecule has 0 aliphatic carbocycles. The van der Waals surface area contributed by atoms with Gasteiger partial charge < -0.3 is 9.42 Å². The number of carbonyl (C=O) groups excluding carboxylic acids is 1. The molecule has 2 aromatic heterocycles. The Morgan fingerprint density at radius 1 is 1.11 bits per heavy atom. The number of thiophene rings is 1. The lowest BCUT2D eigenvalue weighted by molar-refractivity contribution is 0.0687. The van der Waals surface area contributed by atoms with E-state index < -0.39 is 10.0 Å². The normalized spacial score (nSPS) is 15.7. The van der Waals surface area contributed by atoms with Gasteiger partial charge in [-0.1, -0.05) is 33.2 Å². The Kier molecular flexibility index (Phi) is 5.37. The average Bonchev–Trinajstić information content (AvgIpc) is 3.39. The van der Waals surface area contributed by atoms with Crippen molar-refractivity contribution in [1.82, 2.24) is 14.4 Å². The Hall–Kier alpha value is -2.01. The highest BCUT2D eigenvalue weighted by Crippen LogP contribution is 2.26. The summed E-state index contributed by atoms with van der Waals surface area (Å²) in [7, 11) is -3.59. The number of halogens is 1. The number of aromatic nitrogens is 1. The molecule has 4 rings (SSSR count). The van der Waals surface area contributed by atoms with Crippen molar-refractivity contribution in [3.8, 4) is 10.6 Å². The minimum Gasteiger partial charge on any atom is -0.355 e. The summed E-state index contributed by atoms with van der Waals surface area (Å²) in [6.07, 6.45) is 0. The second kappa shape index (κ2) is 7.78. The molecule has 1 aliphatic rings. The zero-order valence-corrected chi connectivity index (χ0v) is 17.8. The lowest BCUT2D eigenvalue weighted by Gasteiger charge is -2.33. The molecule has 7 nitrogen and oxygen atoms in total. The number of hydrogen-bond donors (Lipinski definition) is 0. The van der Waals surface area contributed by atoms with E-state index in [-0.39, 0.29) is 29.6 Å². The molecule has 0 atom stereocenters. The average molecular weight is 482 g/mol. The number of nitrogens with zero attached hydrogens (tertiary/aromatic N) is 3. The summed E-state index contributed by atoms with van der Waals surface area (Å²) in [5, 5.41) is 5.80. The van der Waals surface area contributed by atoms with E-state index in [4.69, 9.17) is 4.52 Å². The molecule has 1 aromatic carbocycles. The lowest BCUT2D eigenvalue weighted by atomic mass is 10.2. The lowest BCUT2D eigenvalue weighted by Crippen LogP contribution is -2.50. The van der Waals surface area contributed by atoms with Gasteiger partial charge in [0.15, 0.2) is 11.5 Å². The Morgan fingerprint density at radius 3 is 2.57 bits per heavy atom. The molecule has 1 amide bonds. The maximum absolute atomic E-state index is 12.8. The molecule has 3 heterocycles. The molecule has 0 unspecified atom stereocenters. The van der Waals surface area contributed by atoms with Gasteiger partial charge in [0, 0.05) is 36.7 Å². The van der Waals surface area contributed by atoms with Gasteiger partial charge >= 0.3 is 0 Å². The molecule has 0 bridgehead atoms. The van der Waals surface area contributed by atoms with Gasteiger partial charge in [-0.3, -0.25) is 4.79 Å². The van der Waals surface area contributed by atoms with Crippen LogP contribution in [0.25, 0.3) is 10.6 Å². The maximum atomic E-state index is 12.8. The predicted octanol–water partition coefficient (Wildman–Crippen LogP) is 3.31. The third-order valence-electron chi connectivity index (χ3n) is 4.45. The van der Waals surface area contributed by atoms with E-state index in [1.54, 1.807) is 35.2 Å². The molecular formula is C18H16BrN3O4S2. The van der Waals surface area contributed by atoms with Crippen LogP contribution in [0.1, 0.15) is 10.5 Å². The minimum absolute atomic E-state index is 0.228. The molecule has 0 spiro atoms. The van der Waals surface area contributed by atoms with Crippen LogP contribution in [0.15, 0.2) is 61.7 Å². The first-order valence-corrected chi connectivity index (χ1v) is 11.6. The van der Waals surface area contributed by atoms with Gasteiger partial charge in [0.25, 0.3) is 5.91 Å². The second-order valence-corrected chi connectivity index (χ2v) is 10.0. The van der Waals surface area contributed by atoms with Crippen LogP contribution >= 0.6 is 27.3 Å². The van der Waals surface area contributed by atoms with E-state index in [0.717, 1.165) is 4.88 Å². The molecular weight excluding hydrogens is 466 g/mol. The van der Waals surface area contributed by atoms with Crippen molar-refractivity contribution in [1.29, 1.82) is 0 Å². The summed E-state index contributed by atoms with van der Waals surface area (Å²) < 4.78 is 33.0. The van der Waals surface area contributed by atoms with Crippen LogP contribution in [-0.2, 0) is 10.0 Å². The Labute approximate surface area is 174 Å². The van der Waals surface area contributed by atoms with Crippen molar-refractivity contribution in [2.75, 3.05) is 26.2 Å². The molecule has 146 valence electrons. The highest BCUT2D eigenvalue weighted by Gasteiger charge is 2.31. The van der Waals surface area contributed by atoms with E-state index >= 15 is 0 Å². The van der Waals surface area contributed by atoms with Crippen LogP contribution in [0, 0.1) is 0 Å². The molecule has 0 radical (unpaired) electrons. The molecule has 10 heteroatoms. The summed E-state index contributed by atoms with van der Waals surface area (Å²) in [6, 6.07) is 12.0. The van der Waals surface area contributed by atoms with Crippen LogP contribution in [-0.4, -0.2) is 54.9 Å². The third kappa shape index (κ3) is 3.77. The van der Waals surface area contributed by atoms with E-state index in [9.17, 15) is 13.2 Å². The fraction of sp³-hybridized carbons (Fsp3) is 0.222. The van der Waals surface area contributed by atoms with Gasteiger partial charge in [0.05, 0.1) is 9.77 Å². The molecule has 3 aromatic rings. The highest BCUT2D eigenvalue weighted by atomic mass is 79.9. The van der Waals surface area contributed by atoms with Crippen molar-refractivity contribution in [3.63, 3.8) is 0 Å². The van der Waals surface area contributed by atoms with Gasteiger partial charge in [-0.25, -0.2) is 8.42 Å². The number of carbonyl (C=O) groups is 1. The summed E-state index contributed by atoms with van der Waals surface area (Å²) >= 11 is 4.80. The van der Waals surface area contributed by atoms with Crippen molar-refractivity contribution in [2.24, 2.45) is 0 Å². The SMILES string of the molecule is O=C(c1cc(-c2cccs2)on1)N1CCN(S(=O)(=O)c2cccc(Br)c2)CC1. The third-order valence-corrected chi connectivity index (χ3v) is 7.73. The Balaban J connectivity index is 1.43. The monoisotopic (exact) mass is 481 g/mol. The number of benzene rings is 1. The summed E-state index contributed by atoms with van der Waals surface area (Å²) in [5.41, 5.74) is 0.228. The zero-order chi connectivity index (χ0) is 19.7. The zero-order valence-electron chi connectivity index (χ0n) is 14.6. The van der Waals surface area contributed by atoms with Gasteiger partial charge in [-0.15, -0.1) is 11.3 Å². The topological polar surface area (TPSA) is 83.7 Å². The number of amides is 1. The highest BCUT2D eigenvalue weighted by molar-refractivity contribution is 9.10. The summed E-state index contributed by atoms with van der Waals surface area (Å²) in [6.45, 7) is 1.06. The number of hydrogen-bond acceptors (Lipinski definition) is 6. The smallest absolute Gasteiger partial charge is 0.276 e. The van der Waals surface area contributed by atoms with E-state index in [1.807, 2.05) is 17.5 Å². The Morgan fingerprint density at radius 2 is 1.89 bits per heavy atom. The minimum atomic E-state index is -3.59. The quantitative estimate of drug-likeness (QED) is 0.570. The van der Waals surface area contributed by atoms with Crippen molar-refractivity contribution in [2.45, 2.75) is 4.90 Å².